The van der Waals surface area contributed by atoms with Gasteiger partial charge >= 0.3 is 0 Å². The molecule has 1 aromatic heterocycles. The van der Waals surface area contributed by atoms with Gasteiger partial charge < -0.3 is 5.32 Å². The number of halogens is 1. The van der Waals surface area contributed by atoms with E-state index >= 15 is 0 Å². The molecule has 1 fully saturated rings. The molecule has 1 aliphatic rings. The van der Waals surface area contributed by atoms with Crippen LogP contribution in [0.15, 0.2) is 36.5 Å². The van der Waals surface area contributed by atoms with Gasteiger partial charge in [-0.3, -0.25) is 4.98 Å². The van der Waals surface area contributed by atoms with Gasteiger partial charge in [-0.2, -0.15) is 0 Å². The van der Waals surface area contributed by atoms with Crippen LogP contribution in [0.2, 0.25) is 0 Å². The van der Waals surface area contributed by atoms with Crippen LogP contribution in [0.4, 0.5) is 0 Å². The van der Waals surface area contributed by atoms with E-state index in [4.69, 9.17) is 0 Å². The lowest BCUT2D eigenvalue weighted by atomic mass is 9.93. The Bertz CT molecular complexity index is 466. The third-order valence-corrected chi connectivity index (χ3v) is 2.88. The number of pyridine rings is 1. The first-order chi connectivity index (χ1) is 6.93. The van der Waals surface area contributed by atoms with Crippen molar-refractivity contribution in [2.75, 3.05) is 13.1 Å². The van der Waals surface area contributed by atoms with Crippen molar-refractivity contribution in [2.45, 2.75) is 5.92 Å². The molecule has 15 heavy (non-hydrogen) atoms. The second-order valence-corrected chi connectivity index (χ2v) is 3.81. The number of fused-ring (bicyclic) bond motifs is 1. The Kier molecular flexibility index (Phi) is 2.89. The fourth-order valence-electron chi connectivity index (χ4n) is 1.86. The van der Waals surface area contributed by atoms with Gasteiger partial charge in [0.1, 0.15) is 0 Å². The molecule has 2 aromatic rings. The molecule has 3 rings (SSSR count). The van der Waals surface area contributed by atoms with Crippen LogP contribution in [0.1, 0.15) is 11.5 Å². The van der Waals surface area contributed by atoms with Gasteiger partial charge in [0.2, 0.25) is 0 Å². The first kappa shape index (κ1) is 10.4. The molecule has 1 aliphatic heterocycles. The van der Waals surface area contributed by atoms with Crippen LogP contribution in [-0.4, -0.2) is 18.1 Å². The van der Waals surface area contributed by atoms with Crippen molar-refractivity contribution in [3.8, 4) is 0 Å². The fourth-order valence-corrected chi connectivity index (χ4v) is 1.86. The minimum atomic E-state index is 0. The van der Waals surface area contributed by atoms with Gasteiger partial charge in [-0.25, -0.2) is 0 Å². The van der Waals surface area contributed by atoms with Gasteiger partial charge in [0, 0.05) is 30.6 Å². The van der Waals surface area contributed by atoms with Crippen molar-refractivity contribution in [1.82, 2.24) is 10.3 Å². The Labute approximate surface area is 95.1 Å². The highest BCUT2D eigenvalue weighted by molar-refractivity contribution is 5.85. The summed E-state index contributed by atoms with van der Waals surface area (Å²) in [5.41, 5.74) is 2.52. The quantitative estimate of drug-likeness (QED) is 0.798. The van der Waals surface area contributed by atoms with Crippen LogP contribution in [0.5, 0.6) is 0 Å². The molecule has 0 saturated carbocycles. The Morgan fingerprint density at radius 1 is 1.20 bits per heavy atom. The second kappa shape index (κ2) is 4.17. The van der Waals surface area contributed by atoms with Crippen LogP contribution >= 0.6 is 12.4 Å². The number of nitrogens with zero attached hydrogens (tertiary/aromatic N) is 1. The predicted molar refractivity (Wildman–Crippen MR) is 64.6 cm³/mol. The summed E-state index contributed by atoms with van der Waals surface area (Å²) >= 11 is 0. The van der Waals surface area contributed by atoms with Crippen molar-refractivity contribution in [1.29, 1.82) is 0 Å². The highest BCUT2D eigenvalue weighted by Gasteiger charge is 2.18. The molecule has 2 heterocycles. The Balaban J connectivity index is 0.000000853. The summed E-state index contributed by atoms with van der Waals surface area (Å²) in [6.07, 6.45) is 1.85. The number of hydrogen-bond donors (Lipinski definition) is 1. The van der Waals surface area contributed by atoms with E-state index in [9.17, 15) is 0 Å². The second-order valence-electron chi connectivity index (χ2n) is 3.81. The molecule has 1 N–H and O–H groups in total. The lowest BCUT2D eigenvalue weighted by molar-refractivity contribution is 0.448. The molecule has 0 radical (unpaired) electrons. The molecule has 78 valence electrons. The molecular formula is C12H13ClN2. The molecule has 2 nitrogen and oxygen atoms in total. The third-order valence-electron chi connectivity index (χ3n) is 2.88. The fraction of sp³-hybridized carbons (Fsp3) is 0.250. The highest BCUT2D eigenvalue weighted by atomic mass is 35.5. The van der Waals surface area contributed by atoms with Gasteiger partial charge in [0.15, 0.2) is 0 Å². The molecule has 0 spiro atoms. The van der Waals surface area contributed by atoms with Crippen molar-refractivity contribution >= 4 is 23.3 Å². The molecule has 0 bridgehead atoms. The standard InChI is InChI=1S/C12H12N2.ClH/c1-2-9-3-4-10(11-7-13-8-11)6-12(9)14-5-1;/h1-6,11,13H,7-8H2;1H. The highest BCUT2D eigenvalue weighted by Crippen LogP contribution is 2.22. The van der Waals surface area contributed by atoms with E-state index < -0.39 is 0 Å². The van der Waals surface area contributed by atoms with E-state index in [1.807, 2.05) is 12.3 Å². The summed E-state index contributed by atoms with van der Waals surface area (Å²) in [7, 11) is 0. The summed E-state index contributed by atoms with van der Waals surface area (Å²) in [4.78, 5) is 4.36. The van der Waals surface area contributed by atoms with Crippen molar-refractivity contribution in [2.24, 2.45) is 0 Å². The minimum absolute atomic E-state index is 0. The van der Waals surface area contributed by atoms with E-state index in [1.165, 1.54) is 10.9 Å². The van der Waals surface area contributed by atoms with E-state index in [0.717, 1.165) is 18.6 Å². The van der Waals surface area contributed by atoms with Gasteiger partial charge in [0.25, 0.3) is 0 Å². The zero-order chi connectivity index (χ0) is 9.38. The first-order valence-corrected chi connectivity index (χ1v) is 4.99. The molecular weight excluding hydrogens is 208 g/mol. The van der Waals surface area contributed by atoms with E-state index in [-0.39, 0.29) is 12.4 Å². The van der Waals surface area contributed by atoms with Crippen LogP contribution < -0.4 is 5.32 Å². The maximum absolute atomic E-state index is 4.36. The first-order valence-electron chi connectivity index (χ1n) is 4.99. The zero-order valence-corrected chi connectivity index (χ0v) is 9.13. The topological polar surface area (TPSA) is 24.9 Å². The lowest BCUT2D eigenvalue weighted by Gasteiger charge is -2.27. The smallest absolute Gasteiger partial charge is 0.0704 e. The molecule has 0 amide bonds. The number of benzene rings is 1. The third kappa shape index (κ3) is 1.83. The van der Waals surface area contributed by atoms with Crippen LogP contribution in [0.3, 0.4) is 0 Å². The normalized spacial score (nSPS) is 15.7. The zero-order valence-electron chi connectivity index (χ0n) is 8.31. The lowest BCUT2D eigenvalue weighted by Crippen LogP contribution is -2.39. The molecule has 3 heteroatoms. The summed E-state index contributed by atoms with van der Waals surface area (Å²) in [6.45, 7) is 2.22. The number of aromatic nitrogens is 1. The van der Waals surface area contributed by atoms with Gasteiger partial charge in [-0.15, -0.1) is 12.4 Å². The summed E-state index contributed by atoms with van der Waals surface area (Å²) in [5.74, 6) is 0.696. The summed E-state index contributed by atoms with van der Waals surface area (Å²) in [6, 6.07) is 10.7. The van der Waals surface area contributed by atoms with Crippen molar-refractivity contribution < 1.29 is 0 Å². The van der Waals surface area contributed by atoms with Gasteiger partial charge in [-0.05, 0) is 17.7 Å². The Morgan fingerprint density at radius 2 is 2.07 bits per heavy atom. The minimum Gasteiger partial charge on any atom is -0.315 e. The maximum Gasteiger partial charge on any atom is 0.0704 e. The van der Waals surface area contributed by atoms with Crippen LogP contribution in [0.25, 0.3) is 10.9 Å². The molecule has 1 saturated heterocycles. The summed E-state index contributed by atoms with van der Waals surface area (Å²) in [5, 5.41) is 4.51. The van der Waals surface area contributed by atoms with Gasteiger partial charge in [-0.1, -0.05) is 18.2 Å². The maximum atomic E-state index is 4.36. The van der Waals surface area contributed by atoms with E-state index in [0.29, 0.717) is 5.92 Å². The van der Waals surface area contributed by atoms with Crippen molar-refractivity contribution in [3.05, 3.63) is 42.1 Å². The van der Waals surface area contributed by atoms with E-state index in [1.54, 1.807) is 0 Å². The largest absolute Gasteiger partial charge is 0.315 e. The molecule has 0 aliphatic carbocycles. The average Bonchev–Trinajstić information content (AvgIpc) is 2.15. The average molecular weight is 221 g/mol. The van der Waals surface area contributed by atoms with E-state index in [2.05, 4.69) is 34.6 Å². The number of rotatable bonds is 1. The van der Waals surface area contributed by atoms with Crippen LogP contribution in [-0.2, 0) is 0 Å². The van der Waals surface area contributed by atoms with Crippen LogP contribution in [0, 0.1) is 0 Å². The van der Waals surface area contributed by atoms with Gasteiger partial charge in [0.05, 0.1) is 5.52 Å². The summed E-state index contributed by atoms with van der Waals surface area (Å²) < 4.78 is 0. The Morgan fingerprint density at radius 3 is 2.80 bits per heavy atom. The predicted octanol–water partition coefficient (Wildman–Crippen LogP) is 2.34. The molecule has 0 atom stereocenters. The monoisotopic (exact) mass is 220 g/mol. The molecule has 1 aromatic carbocycles. The SMILES string of the molecule is Cl.c1cnc2cc(C3CNC3)ccc2c1. The Hall–Kier alpha value is -1.12. The number of hydrogen-bond acceptors (Lipinski definition) is 2. The molecule has 0 unspecified atom stereocenters. The number of nitrogens with one attached hydrogen (secondary N) is 1. The van der Waals surface area contributed by atoms with Crippen molar-refractivity contribution in [3.63, 3.8) is 0 Å².